The Hall–Kier alpha value is -1.24. The lowest BCUT2D eigenvalue weighted by Crippen LogP contribution is -2.21. The molecule has 0 radical (unpaired) electrons. The number of hydrogen-bond acceptors (Lipinski definition) is 5. The zero-order valence-electron chi connectivity index (χ0n) is 11.0. The van der Waals surface area contributed by atoms with Gasteiger partial charge in [-0.3, -0.25) is 9.69 Å². The molecule has 1 aliphatic rings. The standard InChI is InChI=1S/C14H16N2O2S2/c17-13(18)5-10-1-3-16(6-10)7-12-9-20-14(15-12)11-2-4-19-8-11/h2,4,8-10H,1,3,5-7H2,(H,17,18). The summed E-state index contributed by atoms with van der Waals surface area (Å²) in [6.07, 6.45) is 1.27. The number of aliphatic carboxylic acids is 1. The summed E-state index contributed by atoms with van der Waals surface area (Å²) in [5.41, 5.74) is 2.28. The normalized spacial score (nSPS) is 19.5. The van der Waals surface area contributed by atoms with E-state index in [0.29, 0.717) is 5.92 Å². The molecular weight excluding hydrogens is 292 g/mol. The molecule has 0 aromatic carbocycles. The largest absolute Gasteiger partial charge is 0.481 e. The molecule has 1 aliphatic heterocycles. The molecule has 106 valence electrons. The van der Waals surface area contributed by atoms with Gasteiger partial charge in [0.25, 0.3) is 0 Å². The van der Waals surface area contributed by atoms with Crippen LogP contribution in [0.1, 0.15) is 18.5 Å². The van der Waals surface area contributed by atoms with E-state index >= 15 is 0 Å². The van der Waals surface area contributed by atoms with Crippen LogP contribution in [0, 0.1) is 5.92 Å². The Kier molecular flexibility index (Phi) is 4.14. The van der Waals surface area contributed by atoms with Crippen LogP contribution in [-0.2, 0) is 11.3 Å². The van der Waals surface area contributed by atoms with Crippen LogP contribution in [0.5, 0.6) is 0 Å². The zero-order valence-corrected chi connectivity index (χ0v) is 12.6. The topological polar surface area (TPSA) is 53.4 Å². The van der Waals surface area contributed by atoms with Crippen molar-refractivity contribution in [3.05, 3.63) is 27.9 Å². The molecule has 6 heteroatoms. The maximum atomic E-state index is 10.7. The molecule has 3 rings (SSSR count). The van der Waals surface area contributed by atoms with E-state index in [1.165, 1.54) is 5.56 Å². The molecule has 1 saturated heterocycles. The fourth-order valence-electron chi connectivity index (χ4n) is 2.60. The highest BCUT2D eigenvalue weighted by atomic mass is 32.1. The Balaban J connectivity index is 1.58. The van der Waals surface area contributed by atoms with E-state index in [4.69, 9.17) is 5.11 Å². The molecule has 2 aromatic heterocycles. The van der Waals surface area contributed by atoms with Gasteiger partial charge in [-0.05, 0) is 30.3 Å². The van der Waals surface area contributed by atoms with E-state index < -0.39 is 5.97 Å². The Morgan fingerprint density at radius 2 is 2.40 bits per heavy atom. The summed E-state index contributed by atoms with van der Waals surface area (Å²) in [5, 5.41) is 16.2. The van der Waals surface area contributed by atoms with Crippen LogP contribution >= 0.6 is 22.7 Å². The summed E-state index contributed by atoms with van der Waals surface area (Å²) in [6, 6.07) is 2.09. The number of carboxylic acid groups (broad SMARTS) is 1. The molecular formula is C14H16N2O2S2. The number of carboxylic acids is 1. The smallest absolute Gasteiger partial charge is 0.303 e. The summed E-state index contributed by atoms with van der Waals surface area (Å²) in [4.78, 5) is 17.7. The van der Waals surface area contributed by atoms with Crippen molar-refractivity contribution in [1.82, 2.24) is 9.88 Å². The highest BCUT2D eigenvalue weighted by Gasteiger charge is 2.24. The second-order valence-electron chi connectivity index (χ2n) is 5.14. The predicted molar refractivity (Wildman–Crippen MR) is 81.1 cm³/mol. The fraction of sp³-hybridized carbons (Fsp3) is 0.429. The SMILES string of the molecule is O=C(O)CC1CCN(Cc2csc(-c3ccsc3)n2)C1. The van der Waals surface area contributed by atoms with Crippen molar-refractivity contribution in [3.63, 3.8) is 0 Å². The minimum atomic E-state index is -0.690. The van der Waals surface area contributed by atoms with Crippen LogP contribution in [-0.4, -0.2) is 34.0 Å². The molecule has 4 nitrogen and oxygen atoms in total. The average molecular weight is 308 g/mol. The van der Waals surface area contributed by atoms with Crippen LogP contribution in [0.3, 0.4) is 0 Å². The lowest BCUT2D eigenvalue weighted by molar-refractivity contribution is -0.138. The third-order valence-corrected chi connectivity index (χ3v) is 5.16. The van der Waals surface area contributed by atoms with Gasteiger partial charge in [0.2, 0.25) is 0 Å². The summed E-state index contributed by atoms with van der Waals surface area (Å²) >= 11 is 3.36. The number of thiazole rings is 1. The van der Waals surface area contributed by atoms with Gasteiger partial charge >= 0.3 is 5.97 Å². The summed E-state index contributed by atoms with van der Waals surface area (Å²) in [5.74, 6) is -0.396. The van der Waals surface area contributed by atoms with Crippen molar-refractivity contribution in [2.24, 2.45) is 5.92 Å². The highest BCUT2D eigenvalue weighted by molar-refractivity contribution is 7.14. The Labute approximate surface area is 125 Å². The van der Waals surface area contributed by atoms with Gasteiger partial charge in [0, 0.05) is 35.8 Å². The monoisotopic (exact) mass is 308 g/mol. The van der Waals surface area contributed by atoms with E-state index in [1.54, 1.807) is 22.7 Å². The van der Waals surface area contributed by atoms with Crippen LogP contribution in [0.2, 0.25) is 0 Å². The van der Waals surface area contributed by atoms with E-state index in [-0.39, 0.29) is 6.42 Å². The van der Waals surface area contributed by atoms with Crippen molar-refractivity contribution in [3.8, 4) is 10.6 Å². The molecule has 2 aromatic rings. The first-order chi connectivity index (χ1) is 9.70. The maximum Gasteiger partial charge on any atom is 0.303 e. The van der Waals surface area contributed by atoms with Crippen LogP contribution in [0.4, 0.5) is 0 Å². The van der Waals surface area contributed by atoms with Crippen LogP contribution in [0.25, 0.3) is 10.6 Å². The van der Waals surface area contributed by atoms with Crippen molar-refractivity contribution < 1.29 is 9.90 Å². The van der Waals surface area contributed by atoms with Gasteiger partial charge in [0.15, 0.2) is 0 Å². The number of aromatic nitrogens is 1. The number of carbonyl (C=O) groups is 1. The Morgan fingerprint density at radius 1 is 1.50 bits per heavy atom. The number of nitrogens with zero attached hydrogens (tertiary/aromatic N) is 2. The lowest BCUT2D eigenvalue weighted by Gasteiger charge is -2.13. The molecule has 3 heterocycles. The van der Waals surface area contributed by atoms with Gasteiger partial charge in [-0.25, -0.2) is 4.98 Å². The van der Waals surface area contributed by atoms with Crippen molar-refractivity contribution in [2.45, 2.75) is 19.4 Å². The van der Waals surface area contributed by atoms with Gasteiger partial charge in [0.1, 0.15) is 5.01 Å². The number of rotatable bonds is 5. The molecule has 1 fully saturated rings. The lowest BCUT2D eigenvalue weighted by atomic mass is 10.1. The molecule has 0 saturated carbocycles. The first kappa shape index (κ1) is 13.7. The Morgan fingerprint density at radius 3 is 3.15 bits per heavy atom. The predicted octanol–water partition coefficient (Wildman–Crippen LogP) is 3.17. The number of hydrogen-bond donors (Lipinski definition) is 1. The maximum absolute atomic E-state index is 10.7. The number of thiophene rings is 1. The minimum absolute atomic E-state index is 0.285. The van der Waals surface area contributed by atoms with E-state index in [0.717, 1.165) is 36.8 Å². The molecule has 20 heavy (non-hydrogen) atoms. The third-order valence-electron chi connectivity index (χ3n) is 3.54. The molecule has 0 bridgehead atoms. The molecule has 1 N–H and O–H groups in total. The number of likely N-dealkylation sites (tertiary alicyclic amines) is 1. The summed E-state index contributed by atoms with van der Waals surface area (Å²) in [7, 11) is 0. The first-order valence-corrected chi connectivity index (χ1v) is 8.44. The summed E-state index contributed by atoms with van der Waals surface area (Å²) in [6.45, 7) is 2.68. The minimum Gasteiger partial charge on any atom is -0.481 e. The molecule has 0 aliphatic carbocycles. The van der Waals surface area contributed by atoms with E-state index in [1.807, 2.05) is 0 Å². The highest BCUT2D eigenvalue weighted by Crippen LogP contribution is 2.27. The van der Waals surface area contributed by atoms with Gasteiger partial charge in [0.05, 0.1) is 5.69 Å². The first-order valence-electron chi connectivity index (χ1n) is 6.62. The van der Waals surface area contributed by atoms with Crippen LogP contribution in [0.15, 0.2) is 22.2 Å². The third kappa shape index (κ3) is 3.26. The van der Waals surface area contributed by atoms with Gasteiger partial charge in [-0.1, -0.05) is 0 Å². The zero-order chi connectivity index (χ0) is 13.9. The van der Waals surface area contributed by atoms with E-state index in [9.17, 15) is 4.79 Å². The molecule has 0 spiro atoms. The fourth-order valence-corrected chi connectivity index (χ4v) is 4.12. The van der Waals surface area contributed by atoms with Gasteiger partial charge < -0.3 is 5.11 Å². The van der Waals surface area contributed by atoms with E-state index in [2.05, 4.69) is 32.1 Å². The average Bonchev–Trinajstić information content (AvgIpc) is 3.09. The van der Waals surface area contributed by atoms with Crippen molar-refractivity contribution in [2.75, 3.05) is 13.1 Å². The van der Waals surface area contributed by atoms with Crippen molar-refractivity contribution >= 4 is 28.6 Å². The van der Waals surface area contributed by atoms with Gasteiger partial charge in [-0.2, -0.15) is 11.3 Å². The quantitative estimate of drug-likeness (QED) is 0.922. The molecule has 1 atom stereocenters. The molecule has 1 unspecified atom stereocenters. The Bertz CT molecular complexity index is 580. The molecule has 0 amide bonds. The summed E-state index contributed by atoms with van der Waals surface area (Å²) < 4.78 is 0. The second kappa shape index (κ2) is 6.03. The van der Waals surface area contributed by atoms with Crippen molar-refractivity contribution in [1.29, 1.82) is 0 Å². The second-order valence-corrected chi connectivity index (χ2v) is 6.78. The van der Waals surface area contributed by atoms with Gasteiger partial charge in [-0.15, -0.1) is 11.3 Å². The van der Waals surface area contributed by atoms with Crippen LogP contribution < -0.4 is 0 Å².